The molecular weight excluding hydrogens is 314 g/mol. The van der Waals surface area contributed by atoms with Crippen LogP contribution >= 0.6 is 0 Å². The van der Waals surface area contributed by atoms with Crippen LogP contribution in [0.4, 0.5) is 5.69 Å². The first-order valence-electron chi connectivity index (χ1n) is 7.14. The van der Waals surface area contributed by atoms with Gasteiger partial charge in [0.25, 0.3) is 10.0 Å². The molecule has 2 aromatic rings. The van der Waals surface area contributed by atoms with E-state index in [1.54, 1.807) is 37.3 Å². The monoisotopic (exact) mass is 333 g/mol. The molecule has 0 spiro atoms. The highest BCUT2D eigenvalue weighted by Gasteiger charge is 2.34. The summed E-state index contributed by atoms with van der Waals surface area (Å²) in [4.78, 5) is 11.5. The molecule has 2 aromatic carbocycles. The van der Waals surface area contributed by atoms with Gasteiger partial charge in [-0.05, 0) is 44.5 Å². The van der Waals surface area contributed by atoms with Gasteiger partial charge in [-0.2, -0.15) is 0 Å². The van der Waals surface area contributed by atoms with Gasteiger partial charge < -0.3 is 5.11 Å². The SMILES string of the molecule is Cc1ccc(N(C(C)C(=O)O)S(=O)(=O)c2ccccc2)c(C)c1. The van der Waals surface area contributed by atoms with Crippen LogP contribution in [0.3, 0.4) is 0 Å². The molecule has 0 saturated heterocycles. The molecule has 0 amide bonds. The number of hydrogen-bond donors (Lipinski definition) is 1. The average Bonchev–Trinajstić information content (AvgIpc) is 2.50. The zero-order valence-corrected chi connectivity index (χ0v) is 14.0. The Balaban J connectivity index is 2.66. The van der Waals surface area contributed by atoms with Crippen LogP contribution in [-0.4, -0.2) is 25.5 Å². The third-order valence-corrected chi connectivity index (χ3v) is 5.50. The van der Waals surface area contributed by atoms with Crippen LogP contribution in [0.5, 0.6) is 0 Å². The molecule has 0 aromatic heterocycles. The number of nitrogens with zero attached hydrogens (tertiary/aromatic N) is 1. The molecule has 1 unspecified atom stereocenters. The van der Waals surface area contributed by atoms with Gasteiger partial charge >= 0.3 is 5.97 Å². The van der Waals surface area contributed by atoms with Crippen LogP contribution in [0.1, 0.15) is 18.1 Å². The highest BCUT2D eigenvalue weighted by atomic mass is 32.2. The fourth-order valence-corrected chi connectivity index (χ4v) is 4.10. The Morgan fingerprint density at radius 2 is 1.70 bits per heavy atom. The van der Waals surface area contributed by atoms with Gasteiger partial charge in [0, 0.05) is 0 Å². The molecule has 0 aliphatic rings. The second kappa shape index (κ2) is 6.42. The van der Waals surface area contributed by atoms with Crippen molar-refractivity contribution in [2.45, 2.75) is 31.7 Å². The van der Waals surface area contributed by atoms with E-state index in [0.29, 0.717) is 11.3 Å². The maximum absolute atomic E-state index is 13.0. The Bertz CT molecular complexity index is 816. The Morgan fingerprint density at radius 3 is 2.22 bits per heavy atom. The lowest BCUT2D eigenvalue weighted by Crippen LogP contribution is -2.43. The first kappa shape index (κ1) is 17.0. The number of benzene rings is 2. The zero-order valence-electron chi connectivity index (χ0n) is 13.2. The van der Waals surface area contributed by atoms with E-state index in [9.17, 15) is 18.3 Å². The first-order chi connectivity index (χ1) is 10.7. The van der Waals surface area contributed by atoms with E-state index in [4.69, 9.17) is 0 Å². The summed E-state index contributed by atoms with van der Waals surface area (Å²) in [5.74, 6) is -1.20. The van der Waals surface area contributed by atoms with Gasteiger partial charge in [-0.25, -0.2) is 13.2 Å². The second-order valence-corrected chi connectivity index (χ2v) is 7.23. The lowest BCUT2D eigenvalue weighted by atomic mass is 10.1. The van der Waals surface area contributed by atoms with Crippen molar-refractivity contribution in [3.8, 4) is 0 Å². The molecule has 0 radical (unpaired) electrons. The van der Waals surface area contributed by atoms with Crippen LogP contribution in [0.2, 0.25) is 0 Å². The summed E-state index contributed by atoms with van der Waals surface area (Å²) in [6, 6.07) is 11.9. The molecular formula is C17H19NO4S. The number of aliphatic carboxylic acids is 1. The van der Waals surface area contributed by atoms with Gasteiger partial charge in [-0.3, -0.25) is 4.31 Å². The van der Waals surface area contributed by atoms with Gasteiger partial charge in [0.2, 0.25) is 0 Å². The third-order valence-electron chi connectivity index (χ3n) is 3.60. The van der Waals surface area contributed by atoms with Crippen LogP contribution in [-0.2, 0) is 14.8 Å². The molecule has 0 bridgehead atoms. The van der Waals surface area contributed by atoms with E-state index in [1.807, 2.05) is 13.0 Å². The summed E-state index contributed by atoms with van der Waals surface area (Å²) < 4.78 is 26.9. The van der Waals surface area contributed by atoms with Crippen LogP contribution in [0, 0.1) is 13.8 Å². The molecule has 0 saturated carbocycles. The predicted molar refractivity (Wildman–Crippen MR) is 89.1 cm³/mol. The molecule has 0 aliphatic carbocycles. The second-order valence-electron chi connectivity index (χ2n) is 5.42. The number of hydrogen-bond acceptors (Lipinski definition) is 3. The largest absolute Gasteiger partial charge is 0.480 e. The number of carbonyl (C=O) groups is 1. The van der Waals surface area contributed by atoms with Crippen LogP contribution in [0.25, 0.3) is 0 Å². The van der Waals surface area contributed by atoms with E-state index < -0.39 is 22.0 Å². The quantitative estimate of drug-likeness (QED) is 0.913. The van der Waals surface area contributed by atoms with Crippen molar-refractivity contribution >= 4 is 21.7 Å². The Hall–Kier alpha value is -2.34. The Kier molecular flexibility index (Phi) is 4.75. The van der Waals surface area contributed by atoms with Crippen molar-refractivity contribution in [3.63, 3.8) is 0 Å². The standard InChI is InChI=1S/C17H19NO4S/c1-12-9-10-16(13(2)11-12)18(14(3)17(19)20)23(21,22)15-7-5-4-6-8-15/h4-11,14H,1-3H3,(H,19,20). The van der Waals surface area contributed by atoms with Gasteiger partial charge in [-0.1, -0.05) is 35.9 Å². The minimum atomic E-state index is -3.98. The summed E-state index contributed by atoms with van der Waals surface area (Å²) in [6.07, 6.45) is 0. The third kappa shape index (κ3) is 3.37. The number of anilines is 1. The van der Waals surface area contributed by atoms with Gasteiger partial charge in [-0.15, -0.1) is 0 Å². The fourth-order valence-electron chi connectivity index (χ4n) is 2.41. The van der Waals surface area contributed by atoms with E-state index in [0.717, 1.165) is 9.87 Å². The van der Waals surface area contributed by atoms with Crippen molar-refractivity contribution in [1.82, 2.24) is 0 Å². The van der Waals surface area contributed by atoms with Crippen LogP contribution < -0.4 is 4.31 Å². The van der Waals surface area contributed by atoms with Crippen LogP contribution in [0.15, 0.2) is 53.4 Å². The van der Waals surface area contributed by atoms with E-state index in [2.05, 4.69) is 0 Å². The molecule has 6 heteroatoms. The highest BCUT2D eigenvalue weighted by Crippen LogP contribution is 2.29. The molecule has 0 heterocycles. The van der Waals surface area contributed by atoms with Crippen molar-refractivity contribution in [1.29, 1.82) is 0 Å². The van der Waals surface area contributed by atoms with E-state index >= 15 is 0 Å². The lowest BCUT2D eigenvalue weighted by molar-refractivity contribution is -0.137. The van der Waals surface area contributed by atoms with Crippen molar-refractivity contribution in [2.75, 3.05) is 4.31 Å². The average molecular weight is 333 g/mol. The number of rotatable bonds is 5. The molecule has 1 N–H and O–H groups in total. The molecule has 0 aliphatic heterocycles. The maximum Gasteiger partial charge on any atom is 0.327 e. The minimum absolute atomic E-state index is 0.0630. The summed E-state index contributed by atoms with van der Waals surface area (Å²) in [7, 11) is -3.98. The van der Waals surface area contributed by atoms with E-state index in [-0.39, 0.29) is 4.90 Å². The number of carboxylic acids is 1. The number of sulfonamides is 1. The fraction of sp³-hybridized carbons (Fsp3) is 0.235. The van der Waals surface area contributed by atoms with Crippen molar-refractivity contribution in [2.24, 2.45) is 0 Å². The lowest BCUT2D eigenvalue weighted by Gasteiger charge is -2.29. The zero-order chi connectivity index (χ0) is 17.2. The number of carboxylic acid groups (broad SMARTS) is 1. The normalized spacial score (nSPS) is 12.7. The Morgan fingerprint density at radius 1 is 1.09 bits per heavy atom. The molecule has 0 fully saturated rings. The van der Waals surface area contributed by atoms with Gasteiger partial charge in [0.15, 0.2) is 0 Å². The predicted octanol–water partition coefficient (Wildman–Crippen LogP) is 2.97. The summed E-state index contributed by atoms with van der Waals surface area (Å²) in [6.45, 7) is 5.03. The number of aryl methyl sites for hydroxylation is 2. The van der Waals surface area contributed by atoms with Gasteiger partial charge in [0.05, 0.1) is 10.6 Å². The minimum Gasteiger partial charge on any atom is -0.480 e. The van der Waals surface area contributed by atoms with E-state index in [1.165, 1.54) is 19.1 Å². The summed E-state index contributed by atoms with van der Waals surface area (Å²) in [5.41, 5.74) is 2.05. The van der Waals surface area contributed by atoms with Crippen molar-refractivity contribution in [3.05, 3.63) is 59.7 Å². The molecule has 5 nitrogen and oxygen atoms in total. The topological polar surface area (TPSA) is 74.7 Å². The summed E-state index contributed by atoms with van der Waals surface area (Å²) >= 11 is 0. The molecule has 1 atom stereocenters. The summed E-state index contributed by atoms with van der Waals surface area (Å²) in [5, 5.41) is 9.36. The smallest absolute Gasteiger partial charge is 0.327 e. The molecule has 2 rings (SSSR count). The Labute approximate surface area is 136 Å². The molecule has 122 valence electrons. The highest BCUT2D eigenvalue weighted by molar-refractivity contribution is 7.93. The molecule has 23 heavy (non-hydrogen) atoms. The van der Waals surface area contributed by atoms with Gasteiger partial charge in [0.1, 0.15) is 6.04 Å². The maximum atomic E-state index is 13.0. The first-order valence-corrected chi connectivity index (χ1v) is 8.58. The van der Waals surface area contributed by atoms with Crippen molar-refractivity contribution < 1.29 is 18.3 Å².